The number of nitrogens with zero attached hydrogens (tertiary/aromatic N) is 3. The molecule has 2 atom stereocenters. The zero-order valence-corrected chi connectivity index (χ0v) is 10.8. The van der Waals surface area contributed by atoms with E-state index in [9.17, 15) is 0 Å². The van der Waals surface area contributed by atoms with Crippen LogP contribution in [0.3, 0.4) is 0 Å². The van der Waals surface area contributed by atoms with Crippen molar-refractivity contribution >= 4 is 0 Å². The van der Waals surface area contributed by atoms with Crippen LogP contribution >= 0.6 is 0 Å². The number of aromatic amines is 1. The van der Waals surface area contributed by atoms with Crippen molar-refractivity contribution < 1.29 is 9.47 Å². The second-order valence-corrected chi connectivity index (χ2v) is 5.03. The summed E-state index contributed by atoms with van der Waals surface area (Å²) in [7, 11) is 0. The van der Waals surface area contributed by atoms with Gasteiger partial charge >= 0.3 is 0 Å². The lowest BCUT2D eigenvalue weighted by Crippen LogP contribution is -2.42. The van der Waals surface area contributed by atoms with Gasteiger partial charge in [0.25, 0.3) is 0 Å². The van der Waals surface area contributed by atoms with Gasteiger partial charge < -0.3 is 9.47 Å². The molecule has 0 saturated carbocycles. The van der Waals surface area contributed by atoms with Crippen LogP contribution in [0.15, 0.2) is 0 Å². The highest BCUT2D eigenvalue weighted by Gasteiger charge is 2.27. The third-order valence-corrected chi connectivity index (χ3v) is 3.54. The molecule has 0 aliphatic carbocycles. The molecule has 1 N–H and O–H groups in total. The molecule has 6 heteroatoms. The quantitative estimate of drug-likeness (QED) is 0.856. The predicted molar refractivity (Wildman–Crippen MR) is 65.2 cm³/mol. The van der Waals surface area contributed by atoms with E-state index in [-0.39, 0.29) is 6.10 Å². The van der Waals surface area contributed by atoms with Crippen LogP contribution in [0.1, 0.15) is 30.6 Å². The molecule has 3 rings (SSSR count). The van der Waals surface area contributed by atoms with Gasteiger partial charge in [0.05, 0.1) is 12.7 Å². The largest absolute Gasteiger partial charge is 0.377 e. The van der Waals surface area contributed by atoms with Crippen molar-refractivity contribution in [2.45, 2.75) is 32.0 Å². The molecule has 2 saturated heterocycles. The summed E-state index contributed by atoms with van der Waals surface area (Å²) >= 11 is 0. The summed E-state index contributed by atoms with van der Waals surface area (Å²) in [6, 6.07) is 0. The van der Waals surface area contributed by atoms with Crippen molar-refractivity contribution in [1.29, 1.82) is 0 Å². The second-order valence-electron chi connectivity index (χ2n) is 5.03. The van der Waals surface area contributed by atoms with E-state index in [4.69, 9.17) is 9.47 Å². The molecule has 1 aromatic rings. The fourth-order valence-corrected chi connectivity index (χ4v) is 2.60. The van der Waals surface area contributed by atoms with E-state index in [1.165, 1.54) is 12.8 Å². The first-order chi connectivity index (χ1) is 8.81. The maximum Gasteiger partial charge on any atom is 0.180 e. The van der Waals surface area contributed by atoms with E-state index in [0.717, 1.165) is 44.5 Å². The maximum atomic E-state index is 5.74. The third-order valence-electron chi connectivity index (χ3n) is 3.54. The first-order valence-corrected chi connectivity index (χ1v) is 6.66. The molecular formula is C12H20N4O2. The predicted octanol–water partition coefficient (Wildman–Crippen LogP) is 0.665. The summed E-state index contributed by atoms with van der Waals surface area (Å²) in [5.74, 6) is 1.61. The Morgan fingerprint density at radius 2 is 2.33 bits per heavy atom. The number of aromatic nitrogens is 3. The van der Waals surface area contributed by atoms with Gasteiger partial charge in [-0.05, 0) is 19.8 Å². The minimum Gasteiger partial charge on any atom is -0.377 e. The molecule has 100 valence electrons. The van der Waals surface area contributed by atoms with Gasteiger partial charge in [0.1, 0.15) is 11.9 Å². The fourth-order valence-electron chi connectivity index (χ4n) is 2.60. The van der Waals surface area contributed by atoms with E-state index in [2.05, 4.69) is 20.1 Å². The highest BCUT2D eigenvalue weighted by molar-refractivity contribution is 4.95. The first kappa shape index (κ1) is 12.1. The monoisotopic (exact) mass is 252 g/mol. The molecule has 18 heavy (non-hydrogen) atoms. The van der Waals surface area contributed by atoms with Gasteiger partial charge in [-0.3, -0.25) is 10.00 Å². The number of aryl methyl sites for hydroxylation is 1. The highest BCUT2D eigenvalue weighted by atomic mass is 16.5. The number of hydrogen-bond acceptors (Lipinski definition) is 5. The van der Waals surface area contributed by atoms with Crippen LogP contribution in [-0.2, 0) is 9.47 Å². The van der Waals surface area contributed by atoms with Crippen LogP contribution in [0.2, 0.25) is 0 Å². The molecule has 0 bridgehead atoms. The Labute approximate surface area is 107 Å². The second kappa shape index (κ2) is 5.34. The van der Waals surface area contributed by atoms with Crippen molar-refractivity contribution in [3.05, 3.63) is 11.6 Å². The SMILES string of the molecule is Cc1nc([C@@H]2CN(C[C@@H]3CCCO3)CCO2)n[nH]1. The summed E-state index contributed by atoms with van der Waals surface area (Å²) in [6.45, 7) is 6.40. The minimum absolute atomic E-state index is 0.00916. The lowest BCUT2D eigenvalue weighted by molar-refractivity contribution is -0.0481. The Morgan fingerprint density at radius 3 is 3.06 bits per heavy atom. The summed E-state index contributed by atoms with van der Waals surface area (Å²) in [5, 5.41) is 7.06. The lowest BCUT2D eigenvalue weighted by Gasteiger charge is -2.32. The lowest BCUT2D eigenvalue weighted by atomic mass is 10.2. The highest BCUT2D eigenvalue weighted by Crippen LogP contribution is 2.21. The van der Waals surface area contributed by atoms with Crippen LogP contribution in [-0.4, -0.2) is 59.0 Å². The molecule has 6 nitrogen and oxygen atoms in total. The maximum absolute atomic E-state index is 5.74. The average molecular weight is 252 g/mol. The number of H-pyrrole nitrogens is 1. The van der Waals surface area contributed by atoms with E-state index >= 15 is 0 Å². The number of hydrogen-bond donors (Lipinski definition) is 1. The van der Waals surface area contributed by atoms with Crippen molar-refractivity contribution in [3.8, 4) is 0 Å². The van der Waals surface area contributed by atoms with Crippen LogP contribution in [0.25, 0.3) is 0 Å². The summed E-state index contributed by atoms with van der Waals surface area (Å²) in [4.78, 5) is 6.75. The van der Waals surface area contributed by atoms with Crippen LogP contribution < -0.4 is 0 Å². The van der Waals surface area contributed by atoms with Crippen LogP contribution in [0, 0.1) is 6.92 Å². The molecule has 2 aliphatic heterocycles. The van der Waals surface area contributed by atoms with Gasteiger partial charge in [-0.2, -0.15) is 5.10 Å². The Kier molecular flexibility index (Phi) is 3.58. The van der Waals surface area contributed by atoms with E-state index in [1.54, 1.807) is 0 Å². The van der Waals surface area contributed by atoms with Gasteiger partial charge in [-0.25, -0.2) is 4.98 Å². The van der Waals surface area contributed by atoms with Crippen LogP contribution in [0.5, 0.6) is 0 Å². The average Bonchev–Trinajstić information content (AvgIpc) is 3.01. The Morgan fingerprint density at radius 1 is 1.39 bits per heavy atom. The van der Waals surface area contributed by atoms with Gasteiger partial charge in [0, 0.05) is 26.2 Å². The van der Waals surface area contributed by atoms with Crippen molar-refractivity contribution in [2.75, 3.05) is 32.8 Å². The smallest absolute Gasteiger partial charge is 0.180 e. The third kappa shape index (κ3) is 2.71. The molecule has 0 radical (unpaired) electrons. The molecule has 0 aromatic carbocycles. The Hall–Kier alpha value is -0.980. The number of rotatable bonds is 3. The summed E-state index contributed by atoms with van der Waals surface area (Å²) in [6.07, 6.45) is 2.77. The zero-order valence-electron chi connectivity index (χ0n) is 10.8. The molecule has 2 fully saturated rings. The molecule has 0 amide bonds. The van der Waals surface area contributed by atoms with Crippen LogP contribution in [0.4, 0.5) is 0 Å². The summed E-state index contributed by atoms with van der Waals surface area (Å²) in [5.41, 5.74) is 0. The molecule has 1 aromatic heterocycles. The van der Waals surface area contributed by atoms with Crippen molar-refractivity contribution in [1.82, 2.24) is 20.1 Å². The minimum atomic E-state index is -0.00916. The molecule has 3 heterocycles. The molecule has 0 unspecified atom stereocenters. The van der Waals surface area contributed by atoms with Gasteiger partial charge in [0.2, 0.25) is 0 Å². The first-order valence-electron chi connectivity index (χ1n) is 6.66. The zero-order chi connectivity index (χ0) is 12.4. The molecular weight excluding hydrogens is 232 g/mol. The number of morpholine rings is 1. The molecule has 2 aliphatic rings. The normalized spacial score (nSPS) is 29.8. The van der Waals surface area contributed by atoms with Gasteiger partial charge in [0.15, 0.2) is 5.82 Å². The fraction of sp³-hybridized carbons (Fsp3) is 0.833. The van der Waals surface area contributed by atoms with Crippen molar-refractivity contribution in [2.24, 2.45) is 0 Å². The van der Waals surface area contributed by atoms with Gasteiger partial charge in [-0.15, -0.1) is 0 Å². The Balaban J connectivity index is 1.57. The van der Waals surface area contributed by atoms with E-state index in [1.807, 2.05) is 6.92 Å². The Bertz CT molecular complexity index is 389. The summed E-state index contributed by atoms with van der Waals surface area (Å²) < 4.78 is 11.4. The number of ether oxygens (including phenoxy) is 2. The van der Waals surface area contributed by atoms with E-state index in [0.29, 0.717) is 6.10 Å². The number of nitrogens with one attached hydrogen (secondary N) is 1. The van der Waals surface area contributed by atoms with E-state index < -0.39 is 0 Å². The van der Waals surface area contributed by atoms with Crippen molar-refractivity contribution in [3.63, 3.8) is 0 Å². The molecule has 0 spiro atoms. The van der Waals surface area contributed by atoms with Gasteiger partial charge in [-0.1, -0.05) is 0 Å². The standard InChI is InChI=1S/C12H20N4O2/c1-9-13-12(15-14-9)11-8-16(4-6-18-11)7-10-3-2-5-17-10/h10-11H,2-8H2,1H3,(H,13,14,15)/t10-,11-/m0/s1. The topological polar surface area (TPSA) is 63.3 Å².